The second-order valence-electron chi connectivity index (χ2n) is 7.20. The number of nitrogens with one attached hydrogen (secondary N) is 2. The predicted molar refractivity (Wildman–Crippen MR) is 110 cm³/mol. The van der Waals surface area contributed by atoms with E-state index >= 15 is 0 Å². The molecule has 7 nitrogen and oxygen atoms in total. The summed E-state index contributed by atoms with van der Waals surface area (Å²) in [6.45, 7) is 8.40. The average molecular weight is 380 g/mol. The molecule has 0 radical (unpaired) electrons. The zero-order chi connectivity index (χ0) is 19.5. The van der Waals surface area contributed by atoms with E-state index in [0.29, 0.717) is 6.54 Å². The molecule has 1 aliphatic rings. The number of aliphatic imine (C=N–C) groups is 1. The second kappa shape index (κ2) is 8.04. The number of aryl methyl sites for hydroxylation is 3. The summed E-state index contributed by atoms with van der Waals surface area (Å²) in [5.41, 5.74) is 2.08. The fourth-order valence-corrected chi connectivity index (χ4v) is 3.67. The van der Waals surface area contributed by atoms with Crippen molar-refractivity contribution in [3.05, 3.63) is 47.2 Å². The van der Waals surface area contributed by atoms with Gasteiger partial charge in [-0.25, -0.2) is 14.7 Å². The van der Waals surface area contributed by atoms with Gasteiger partial charge in [-0.05, 0) is 26.3 Å². The second-order valence-corrected chi connectivity index (χ2v) is 7.20. The lowest BCUT2D eigenvalue weighted by molar-refractivity contribution is 0.392. The van der Waals surface area contributed by atoms with E-state index in [4.69, 9.17) is 9.41 Å². The summed E-state index contributed by atoms with van der Waals surface area (Å²) < 4.78 is 8.03. The zero-order valence-electron chi connectivity index (χ0n) is 16.8. The van der Waals surface area contributed by atoms with E-state index in [1.165, 1.54) is 0 Å². The Morgan fingerprint density at radius 2 is 2.18 bits per heavy atom. The lowest BCUT2D eigenvalue weighted by Gasteiger charge is -2.25. The predicted octanol–water partition coefficient (Wildman–Crippen LogP) is 2.97. The number of furan rings is 1. The van der Waals surface area contributed by atoms with Crippen LogP contribution >= 0.6 is 0 Å². The van der Waals surface area contributed by atoms with Gasteiger partial charge in [-0.2, -0.15) is 5.10 Å². The maximum absolute atomic E-state index is 5.99. The van der Waals surface area contributed by atoms with Gasteiger partial charge in [0, 0.05) is 36.4 Å². The Balaban J connectivity index is 1.47. The molecule has 2 N–H and O–H groups in total. The largest absolute Gasteiger partial charge is 0.459 e. The van der Waals surface area contributed by atoms with Gasteiger partial charge >= 0.3 is 0 Å². The first-order valence-corrected chi connectivity index (χ1v) is 10.1. The molecule has 1 aromatic carbocycles. The molecule has 0 saturated carbocycles. The van der Waals surface area contributed by atoms with E-state index in [1.54, 1.807) is 0 Å². The molecule has 3 aromatic rings. The van der Waals surface area contributed by atoms with Crippen molar-refractivity contribution in [2.75, 3.05) is 6.54 Å². The summed E-state index contributed by atoms with van der Waals surface area (Å²) >= 11 is 0. The Kier molecular flexibility index (Phi) is 5.32. The van der Waals surface area contributed by atoms with Crippen LogP contribution in [0, 0.1) is 6.92 Å². The molecule has 1 atom stereocenters. The van der Waals surface area contributed by atoms with Gasteiger partial charge < -0.3 is 15.1 Å². The number of rotatable bonds is 5. The van der Waals surface area contributed by atoms with Gasteiger partial charge in [0.2, 0.25) is 0 Å². The van der Waals surface area contributed by atoms with E-state index in [9.17, 15) is 0 Å². The van der Waals surface area contributed by atoms with Crippen molar-refractivity contribution in [1.82, 2.24) is 25.4 Å². The SMILES string of the molecule is CCNC(=NCc1oc2ccccc2c1C)NC1CCc2nc(CC)nn2C1. The summed E-state index contributed by atoms with van der Waals surface area (Å²) in [5, 5.41) is 12.7. The molecule has 0 spiro atoms. The van der Waals surface area contributed by atoms with Crippen LogP contribution in [-0.4, -0.2) is 33.3 Å². The minimum atomic E-state index is 0.286. The van der Waals surface area contributed by atoms with Crippen molar-refractivity contribution in [2.45, 2.75) is 59.2 Å². The number of hydrogen-bond donors (Lipinski definition) is 2. The third-order valence-corrected chi connectivity index (χ3v) is 5.23. The summed E-state index contributed by atoms with van der Waals surface area (Å²) in [5.74, 6) is 3.74. The number of hydrogen-bond acceptors (Lipinski definition) is 4. The summed E-state index contributed by atoms with van der Waals surface area (Å²) in [7, 11) is 0. The molecule has 2 aromatic heterocycles. The van der Waals surface area contributed by atoms with Crippen LogP contribution < -0.4 is 10.6 Å². The molecule has 0 fully saturated rings. The molecule has 0 amide bonds. The third kappa shape index (κ3) is 3.74. The normalized spacial score (nSPS) is 17.0. The molecule has 0 saturated heterocycles. The van der Waals surface area contributed by atoms with Gasteiger partial charge in [0.05, 0.1) is 6.54 Å². The maximum atomic E-state index is 5.99. The Morgan fingerprint density at radius 1 is 1.32 bits per heavy atom. The number of para-hydroxylation sites is 1. The first kappa shape index (κ1) is 18.5. The molecule has 3 heterocycles. The molecule has 1 aliphatic heterocycles. The number of benzene rings is 1. The van der Waals surface area contributed by atoms with E-state index < -0.39 is 0 Å². The van der Waals surface area contributed by atoms with Crippen LogP contribution in [0.5, 0.6) is 0 Å². The van der Waals surface area contributed by atoms with Crippen LogP contribution in [0.3, 0.4) is 0 Å². The van der Waals surface area contributed by atoms with Gasteiger partial charge in [0.1, 0.15) is 23.7 Å². The third-order valence-electron chi connectivity index (χ3n) is 5.23. The molecule has 148 valence electrons. The van der Waals surface area contributed by atoms with Crippen molar-refractivity contribution in [1.29, 1.82) is 0 Å². The average Bonchev–Trinajstić information content (AvgIpc) is 3.27. The Hall–Kier alpha value is -2.83. The van der Waals surface area contributed by atoms with E-state index in [-0.39, 0.29) is 6.04 Å². The molecule has 7 heteroatoms. The number of fused-ring (bicyclic) bond motifs is 2. The highest BCUT2D eigenvalue weighted by molar-refractivity contribution is 5.82. The van der Waals surface area contributed by atoms with Gasteiger partial charge in [-0.1, -0.05) is 25.1 Å². The van der Waals surface area contributed by atoms with Crippen molar-refractivity contribution in [3.63, 3.8) is 0 Å². The fraction of sp³-hybridized carbons (Fsp3) is 0.476. The maximum Gasteiger partial charge on any atom is 0.191 e. The molecular formula is C21H28N6O. The standard InChI is InChI=1S/C21H28N6O/c1-4-19-25-20-11-10-15(13-27(20)26-19)24-21(22-5-2)23-12-18-14(3)16-8-6-7-9-17(16)28-18/h6-9,15H,4-5,10-13H2,1-3H3,(H2,22,23,24). The zero-order valence-corrected chi connectivity index (χ0v) is 16.8. The Bertz CT molecular complexity index is 986. The van der Waals surface area contributed by atoms with Gasteiger partial charge in [-0.15, -0.1) is 0 Å². The van der Waals surface area contributed by atoms with Crippen molar-refractivity contribution in [2.24, 2.45) is 4.99 Å². The van der Waals surface area contributed by atoms with Crippen LogP contribution in [-0.2, 0) is 25.9 Å². The van der Waals surface area contributed by atoms with E-state index in [0.717, 1.165) is 72.3 Å². The fourth-order valence-electron chi connectivity index (χ4n) is 3.67. The highest BCUT2D eigenvalue weighted by Gasteiger charge is 2.22. The van der Waals surface area contributed by atoms with Gasteiger partial charge in [-0.3, -0.25) is 0 Å². The van der Waals surface area contributed by atoms with Crippen LogP contribution in [0.1, 0.15) is 43.2 Å². The highest BCUT2D eigenvalue weighted by Crippen LogP contribution is 2.25. The van der Waals surface area contributed by atoms with Gasteiger partial charge in [0.25, 0.3) is 0 Å². The van der Waals surface area contributed by atoms with Gasteiger partial charge in [0.15, 0.2) is 11.8 Å². The first-order valence-electron chi connectivity index (χ1n) is 10.1. The monoisotopic (exact) mass is 380 g/mol. The topological polar surface area (TPSA) is 80.3 Å². The number of nitrogens with zero attached hydrogens (tertiary/aromatic N) is 4. The lowest BCUT2D eigenvalue weighted by atomic mass is 10.1. The van der Waals surface area contributed by atoms with Crippen LogP contribution in [0.15, 0.2) is 33.7 Å². The first-order chi connectivity index (χ1) is 13.7. The number of guanidine groups is 1. The Labute approximate surface area is 165 Å². The van der Waals surface area contributed by atoms with Crippen LogP contribution in [0.25, 0.3) is 11.0 Å². The minimum Gasteiger partial charge on any atom is -0.459 e. The Morgan fingerprint density at radius 3 is 2.96 bits per heavy atom. The van der Waals surface area contributed by atoms with Crippen molar-refractivity contribution in [3.8, 4) is 0 Å². The molecule has 1 unspecified atom stereocenters. The van der Waals surface area contributed by atoms with E-state index in [2.05, 4.69) is 47.6 Å². The summed E-state index contributed by atoms with van der Waals surface area (Å²) in [4.78, 5) is 9.36. The lowest BCUT2D eigenvalue weighted by Crippen LogP contribution is -2.47. The molecule has 4 rings (SSSR count). The van der Waals surface area contributed by atoms with Crippen molar-refractivity contribution >= 4 is 16.9 Å². The highest BCUT2D eigenvalue weighted by atomic mass is 16.3. The molecule has 28 heavy (non-hydrogen) atoms. The van der Waals surface area contributed by atoms with Crippen LogP contribution in [0.4, 0.5) is 0 Å². The quantitative estimate of drug-likeness (QED) is 0.525. The van der Waals surface area contributed by atoms with E-state index in [1.807, 2.05) is 22.9 Å². The number of aromatic nitrogens is 3. The smallest absolute Gasteiger partial charge is 0.191 e. The minimum absolute atomic E-state index is 0.286. The summed E-state index contributed by atoms with van der Waals surface area (Å²) in [6.07, 6.45) is 2.84. The molecule has 0 bridgehead atoms. The molecule has 0 aliphatic carbocycles. The summed E-state index contributed by atoms with van der Waals surface area (Å²) in [6, 6.07) is 8.41. The van der Waals surface area contributed by atoms with Crippen LogP contribution in [0.2, 0.25) is 0 Å². The van der Waals surface area contributed by atoms with Crippen molar-refractivity contribution < 1.29 is 4.42 Å². The molecular weight excluding hydrogens is 352 g/mol.